The molecule has 2 aliphatic rings. The zero-order valence-corrected chi connectivity index (χ0v) is 12.6. The molecular weight excluding hydrogens is 262 g/mol. The van der Waals surface area contributed by atoms with Crippen LogP contribution in [0.2, 0.25) is 0 Å². The molecule has 0 amide bonds. The quantitative estimate of drug-likeness (QED) is 0.693. The van der Waals surface area contributed by atoms with Crippen molar-refractivity contribution in [1.29, 1.82) is 0 Å². The van der Waals surface area contributed by atoms with Gasteiger partial charge in [0, 0.05) is 32.2 Å². The maximum atomic E-state index is 11.5. The average molecular weight is 289 g/mol. The molecule has 2 saturated heterocycles. The topological polar surface area (TPSA) is 66.6 Å². The number of nitrogens with two attached hydrogens (primary N) is 1. The first-order valence-corrected chi connectivity index (χ1v) is 9.30. The molecule has 1 atom stereocenters. The summed E-state index contributed by atoms with van der Waals surface area (Å²) in [5.74, 6) is 0.764. The Bertz CT molecular complexity index is 364. The third-order valence-corrected chi connectivity index (χ3v) is 6.06. The molecule has 0 aliphatic carbocycles. The molecule has 2 rings (SSSR count). The summed E-state index contributed by atoms with van der Waals surface area (Å²) in [4.78, 5) is 4.87. The van der Waals surface area contributed by atoms with Crippen LogP contribution < -0.4 is 5.73 Å². The van der Waals surface area contributed by atoms with Crippen LogP contribution in [0.1, 0.15) is 25.7 Å². The van der Waals surface area contributed by atoms with E-state index in [1.165, 1.54) is 12.8 Å². The Morgan fingerprint density at radius 1 is 1.05 bits per heavy atom. The molecule has 112 valence electrons. The van der Waals surface area contributed by atoms with Crippen molar-refractivity contribution in [3.8, 4) is 0 Å². The molecule has 2 aliphatic heterocycles. The number of hydrogen-bond donors (Lipinski definition) is 1. The van der Waals surface area contributed by atoms with E-state index >= 15 is 0 Å². The highest BCUT2D eigenvalue weighted by atomic mass is 32.2. The fourth-order valence-electron chi connectivity index (χ4n) is 3.07. The van der Waals surface area contributed by atoms with Crippen LogP contribution >= 0.6 is 0 Å². The lowest BCUT2D eigenvalue weighted by Crippen LogP contribution is -2.50. The second-order valence-corrected chi connectivity index (χ2v) is 8.01. The summed E-state index contributed by atoms with van der Waals surface area (Å²) in [6.45, 7) is 6.17. The van der Waals surface area contributed by atoms with Gasteiger partial charge < -0.3 is 10.6 Å². The summed E-state index contributed by atoms with van der Waals surface area (Å²) in [5.41, 5.74) is 5.49. The Kier molecular flexibility index (Phi) is 5.62. The van der Waals surface area contributed by atoms with Crippen molar-refractivity contribution in [2.24, 2.45) is 5.73 Å². The molecule has 19 heavy (non-hydrogen) atoms. The van der Waals surface area contributed by atoms with E-state index in [0.29, 0.717) is 11.5 Å². The van der Waals surface area contributed by atoms with Crippen LogP contribution in [0.5, 0.6) is 0 Å². The van der Waals surface area contributed by atoms with Gasteiger partial charge in [-0.3, -0.25) is 4.90 Å². The van der Waals surface area contributed by atoms with Gasteiger partial charge >= 0.3 is 0 Å². The first kappa shape index (κ1) is 15.2. The molecule has 0 aromatic rings. The number of hydrogen-bond acceptors (Lipinski definition) is 5. The molecule has 2 fully saturated rings. The zero-order valence-electron chi connectivity index (χ0n) is 11.8. The first-order chi connectivity index (χ1) is 9.11. The lowest BCUT2D eigenvalue weighted by molar-refractivity contribution is 0.103. The van der Waals surface area contributed by atoms with E-state index in [1.807, 2.05) is 0 Å². The molecule has 0 bridgehead atoms. The summed E-state index contributed by atoms with van der Waals surface area (Å²) >= 11 is 0. The Balaban J connectivity index is 1.65. The predicted molar refractivity (Wildman–Crippen MR) is 78.0 cm³/mol. The third kappa shape index (κ3) is 4.70. The van der Waals surface area contributed by atoms with E-state index in [1.54, 1.807) is 0 Å². The van der Waals surface area contributed by atoms with Crippen LogP contribution in [-0.4, -0.2) is 75.0 Å². The second-order valence-electron chi connectivity index (χ2n) is 5.78. The monoisotopic (exact) mass is 289 g/mol. The van der Waals surface area contributed by atoms with Crippen LogP contribution in [0.4, 0.5) is 0 Å². The van der Waals surface area contributed by atoms with Crippen LogP contribution in [0, 0.1) is 0 Å². The molecular formula is C13H27N3O2S. The highest BCUT2D eigenvalue weighted by molar-refractivity contribution is 7.91. The second kappa shape index (κ2) is 7.02. The molecule has 0 aromatic carbocycles. The highest BCUT2D eigenvalue weighted by Crippen LogP contribution is 2.19. The lowest BCUT2D eigenvalue weighted by atomic mass is 10.1. The molecule has 0 aromatic heterocycles. The Labute approximate surface area is 117 Å². The predicted octanol–water partition coefficient (Wildman–Crippen LogP) is -0.0799. The van der Waals surface area contributed by atoms with Gasteiger partial charge in [-0.1, -0.05) is 6.42 Å². The van der Waals surface area contributed by atoms with Crippen molar-refractivity contribution in [2.45, 2.75) is 31.7 Å². The van der Waals surface area contributed by atoms with Gasteiger partial charge in [-0.25, -0.2) is 8.42 Å². The summed E-state index contributed by atoms with van der Waals surface area (Å²) < 4.78 is 23.0. The Morgan fingerprint density at radius 3 is 2.37 bits per heavy atom. The normalized spacial score (nSPS) is 28.8. The number of nitrogens with zero attached hydrogens (tertiary/aromatic N) is 2. The fourth-order valence-corrected chi connectivity index (χ4v) is 4.83. The first-order valence-electron chi connectivity index (χ1n) is 7.47. The third-order valence-electron chi connectivity index (χ3n) is 4.31. The van der Waals surface area contributed by atoms with Crippen LogP contribution in [0.15, 0.2) is 0 Å². The molecule has 5 nitrogen and oxygen atoms in total. The van der Waals surface area contributed by atoms with Crippen molar-refractivity contribution in [3.05, 3.63) is 0 Å². The van der Waals surface area contributed by atoms with Gasteiger partial charge in [0.05, 0.1) is 11.5 Å². The summed E-state index contributed by atoms with van der Waals surface area (Å²) in [6, 6.07) is 0.282. The largest absolute Gasteiger partial charge is 0.330 e. The Morgan fingerprint density at radius 2 is 1.79 bits per heavy atom. The molecule has 0 spiro atoms. The van der Waals surface area contributed by atoms with Gasteiger partial charge in [-0.05, 0) is 32.4 Å². The Hall–Kier alpha value is -0.170. The summed E-state index contributed by atoms with van der Waals surface area (Å²) in [7, 11) is -2.75. The number of piperazine rings is 1. The molecule has 0 saturated carbocycles. The van der Waals surface area contributed by atoms with E-state index in [9.17, 15) is 8.42 Å². The van der Waals surface area contributed by atoms with Gasteiger partial charge in [-0.15, -0.1) is 0 Å². The minimum absolute atomic E-state index is 0.282. The molecule has 2 N–H and O–H groups in total. The van der Waals surface area contributed by atoms with Gasteiger partial charge in [-0.2, -0.15) is 0 Å². The lowest BCUT2D eigenvalue weighted by Gasteiger charge is -2.37. The van der Waals surface area contributed by atoms with Crippen molar-refractivity contribution in [3.63, 3.8) is 0 Å². The standard InChI is InChI=1S/C13H27N3O2S/c14-5-2-1-3-6-15-7-9-16(10-8-15)13-4-11-19(17,18)12-13/h13H,1-12,14H2. The van der Waals surface area contributed by atoms with E-state index in [4.69, 9.17) is 5.73 Å². The molecule has 0 radical (unpaired) electrons. The van der Waals surface area contributed by atoms with Crippen LogP contribution in [0.3, 0.4) is 0 Å². The highest BCUT2D eigenvalue weighted by Gasteiger charge is 2.33. The minimum atomic E-state index is -2.75. The van der Waals surface area contributed by atoms with Gasteiger partial charge in [0.2, 0.25) is 0 Å². The van der Waals surface area contributed by atoms with Gasteiger partial charge in [0.25, 0.3) is 0 Å². The number of sulfone groups is 1. The molecule has 6 heteroatoms. The van der Waals surface area contributed by atoms with Crippen LogP contribution in [0.25, 0.3) is 0 Å². The minimum Gasteiger partial charge on any atom is -0.330 e. The maximum absolute atomic E-state index is 11.5. The van der Waals surface area contributed by atoms with E-state index in [0.717, 1.165) is 52.1 Å². The SMILES string of the molecule is NCCCCCN1CCN(C2CCS(=O)(=O)C2)CC1. The van der Waals surface area contributed by atoms with Crippen molar-refractivity contribution in [2.75, 3.05) is 50.8 Å². The summed E-state index contributed by atoms with van der Waals surface area (Å²) in [6.07, 6.45) is 4.41. The van der Waals surface area contributed by atoms with E-state index in [-0.39, 0.29) is 6.04 Å². The number of rotatable bonds is 6. The van der Waals surface area contributed by atoms with Crippen molar-refractivity contribution < 1.29 is 8.42 Å². The number of unbranched alkanes of at least 4 members (excludes halogenated alkanes) is 2. The summed E-state index contributed by atoms with van der Waals surface area (Å²) in [5, 5.41) is 0. The van der Waals surface area contributed by atoms with E-state index in [2.05, 4.69) is 9.80 Å². The van der Waals surface area contributed by atoms with Crippen molar-refractivity contribution >= 4 is 9.84 Å². The molecule has 1 unspecified atom stereocenters. The maximum Gasteiger partial charge on any atom is 0.151 e. The van der Waals surface area contributed by atoms with Gasteiger partial charge in [0.1, 0.15) is 0 Å². The van der Waals surface area contributed by atoms with Gasteiger partial charge in [0.15, 0.2) is 9.84 Å². The van der Waals surface area contributed by atoms with Crippen molar-refractivity contribution in [1.82, 2.24) is 9.80 Å². The molecule has 2 heterocycles. The fraction of sp³-hybridized carbons (Fsp3) is 1.00. The average Bonchev–Trinajstić information content (AvgIpc) is 2.76. The smallest absolute Gasteiger partial charge is 0.151 e. The zero-order chi connectivity index (χ0) is 13.7. The van der Waals surface area contributed by atoms with E-state index < -0.39 is 9.84 Å². The van der Waals surface area contributed by atoms with Crippen LogP contribution in [-0.2, 0) is 9.84 Å².